The third kappa shape index (κ3) is 4.66. The average molecular weight is 428 g/mol. The Labute approximate surface area is 186 Å². The van der Waals surface area contributed by atoms with E-state index < -0.39 is 17.5 Å². The summed E-state index contributed by atoms with van der Waals surface area (Å²) in [6.07, 6.45) is 3.84. The second kappa shape index (κ2) is 8.99. The van der Waals surface area contributed by atoms with Crippen LogP contribution in [0.4, 0.5) is 11.4 Å². The van der Waals surface area contributed by atoms with Crippen LogP contribution < -0.4 is 20.9 Å². The Hall–Kier alpha value is -4.03. The van der Waals surface area contributed by atoms with Gasteiger partial charge in [-0.05, 0) is 48.1 Å². The van der Waals surface area contributed by atoms with E-state index in [0.717, 1.165) is 0 Å². The molecule has 0 fully saturated rings. The SMILES string of the molecule is Nc1cccc(OC2=CCC(Oc3cccc(N)c3)(C(=O)C(O)c3ccccc3)C=C2)c1. The van der Waals surface area contributed by atoms with Gasteiger partial charge in [0.1, 0.15) is 23.4 Å². The summed E-state index contributed by atoms with van der Waals surface area (Å²) >= 11 is 0. The van der Waals surface area contributed by atoms with Crippen LogP contribution >= 0.6 is 0 Å². The average Bonchev–Trinajstić information content (AvgIpc) is 2.80. The summed E-state index contributed by atoms with van der Waals surface area (Å²) in [5.41, 5.74) is 11.9. The van der Waals surface area contributed by atoms with Gasteiger partial charge in [0.05, 0.1) is 0 Å². The molecule has 1 aliphatic carbocycles. The highest BCUT2D eigenvalue weighted by molar-refractivity contribution is 5.94. The van der Waals surface area contributed by atoms with Crippen molar-refractivity contribution in [3.8, 4) is 11.5 Å². The highest BCUT2D eigenvalue weighted by atomic mass is 16.5. The summed E-state index contributed by atoms with van der Waals surface area (Å²) in [5.74, 6) is 1.07. The molecule has 0 heterocycles. The summed E-state index contributed by atoms with van der Waals surface area (Å²) in [7, 11) is 0. The molecule has 0 aromatic heterocycles. The van der Waals surface area contributed by atoms with E-state index in [-0.39, 0.29) is 6.42 Å². The first-order chi connectivity index (χ1) is 15.4. The summed E-state index contributed by atoms with van der Waals surface area (Å²) < 4.78 is 12.0. The Morgan fingerprint density at radius 1 is 0.906 bits per heavy atom. The predicted molar refractivity (Wildman–Crippen MR) is 124 cm³/mol. The number of nitrogen functional groups attached to an aromatic ring is 2. The quantitative estimate of drug-likeness (QED) is 0.487. The van der Waals surface area contributed by atoms with Crippen LogP contribution in [0.3, 0.4) is 0 Å². The standard InChI is InChI=1S/C26H24N2O4/c27-19-8-4-10-22(16-19)31-21-12-14-26(15-13-21,32-23-11-5-9-20(28)17-23)25(30)24(29)18-6-2-1-3-7-18/h1-14,16-17,24,29H,15,27-28H2. The van der Waals surface area contributed by atoms with Gasteiger partial charge in [0.2, 0.25) is 5.78 Å². The van der Waals surface area contributed by atoms with Crippen LogP contribution in [0.1, 0.15) is 18.1 Å². The first-order valence-corrected chi connectivity index (χ1v) is 10.2. The maximum absolute atomic E-state index is 13.5. The molecular weight excluding hydrogens is 404 g/mol. The summed E-state index contributed by atoms with van der Waals surface area (Å²) in [6.45, 7) is 0. The number of ketones is 1. The molecule has 0 radical (unpaired) electrons. The van der Waals surface area contributed by atoms with Crippen LogP contribution in [0.15, 0.2) is 103 Å². The van der Waals surface area contributed by atoms with Gasteiger partial charge in [0.15, 0.2) is 5.60 Å². The molecule has 0 saturated heterocycles. The van der Waals surface area contributed by atoms with Crippen molar-refractivity contribution in [2.24, 2.45) is 0 Å². The number of anilines is 2. The van der Waals surface area contributed by atoms with Gasteiger partial charge in [-0.3, -0.25) is 4.79 Å². The number of aliphatic hydroxyl groups is 1. The molecule has 3 aromatic rings. The minimum absolute atomic E-state index is 0.165. The number of nitrogens with two attached hydrogens (primary N) is 2. The van der Waals surface area contributed by atoms with Crippen LogP contribution in [0.5, 0.6) is 11.5 Å². The lowest BCUT2D eigenvalue weighted by Crippen LogP contribution is -2.46. The monoisotopic (exact) mass is 428 g/mol. The number of allylic oxidation sites excluding steroid dienone is 1. The van der Waals surface area contributed by atoms with Crippen molar-refractivity contribution >= 4 is 17.2 Å². The van der Waals surface area contributed by atoms with E-state index in [1.807, 2.05) is 6.07 Å². The number of aliphatic hydroxyl groups excluding tert-OH is 1. The van der Waals surface area contributed by atoms with E-state index in [0.29, 0.717) is 34.2 Å². The highest BCUT2D eigenvalue weighted by Crippen LogP contribution is 2.34. The van der Waals surface area contributed by atoms with Gasteiger partial charge in [-0.15, -0.1) is 0 Å². The summed E-state index contributed by atoms with van der Waals surface area (Å²) in [6, 6.07) is 22.7. The van der Waals surface area contributed by atoms with Crippen molar-refractivity contribution < 1.29 is 19.4 Å². The molecule has 2 unspecified atom stereocenters. The Kier molecular flexibility index (Phi) is 5.96. The van der Waals surface area contributed by atoms with Crippen molar-refractivity contribution in [3.05, 3.63) is 108 Å². The summed E-state index contributed by atoms with van der Waals surface area (Å²) in [5, 5.41) is 10.8. The fourth-order valence-electron chi connectivity index (χ4n) is 3.51. The van der Waals surface area contributed by atoms with Gasteiger partial charge < -0.3 is 26.0 Å². The van der Waals surface area contributed by atoms with E-state index in [4.69, 9.17) is 20.9 Å². The normalized spacial score (nSPS) is 18.5. The molecule has 6 nitrogen and oxygen atoms in total. The minimum atomic E-state index is -1.42. The number of hydrogen-bond donors (Lipinski definition) is 3. The number of carbonyl (C=O) groups excluding carboxylic acids is 1. The fraction of sp³-hybridized carbons (Fsp3) is 0.115. The molecule has 32 heavy (non-hydrogen) atoms. The maximum Gasteiger partial charge on any atom is 0.213 e. The fourth-order valence-corrected chi connectivity index (χ4v) is 3.51. The number of rotatable bonds is 7. The Morgan fingerprint density at radius 3 is 2.19 bits per heavy atom. The number of ether oxygens (including phenoxy) is 2. The molecule has 0 aliphatic heterocycles. The van der Waals surface area contributed by atoms with Crippen LogP contribution in [0.2, 0.25) is 0 Å². The molecule has 0 bridgehead atoms. The molecule has 5 N–H and O–H groups in total. The Balaban J connectivity index is 1.62. The zero-order chi connectivity index (χ0) is 22.6. The van der Waals surface area contributed by atoms with E-state index in [1.165, 1.54) is 0 Å². The molecule has 6 heteroatoms. The van der Waals surface area contributed by atoms with Crippen molar-refractivity contribution in [1.29, 1.82) is 0 Å². The molecule has 2 atom stereocenters. The van der Waals surface area contributed by atoms with Gasteiger partial charge in [-0.2, -0.15) is 0 Å². The highest BCUT2D eigenvalue weighted by Gasteiger charge is 2.43. The third-order valence-electron chi connectivity index (χ3n) is 5.16. The van der Waals surface area contributed by atoms with E-state index in [1.54, 1.807) is 91.0 Å². The van der Waals surface area contributed by atoms with E-state index >= 15 is 0 Å². The smallest absolute Gasteiger partial charge is 0.213 e. The summed E-state index contributed by atoms with van der Waals surface area (Å²) in [4.78, 5) is 13.5. The molecule has 3 aromatic carbocycles. The van der Waals surface area contributed by atoms with Crippen LogP contribution in [-0.4, -0.2) is 16.5 Å². The number of benzene rings is 3. The molecule has 4 rings (SSSR count). The second-order valence-corrected chi connectivity index (χ2v) is 7.56. The molecule has 1 aliphatic rings. The van der Waals surface area contributed by atoms with Crippen LogP contribution in [0.25, 0.3) is 0 Å². The first-order valence-electron chi connectivity index (χ1n) is 10.2. The zero-order valence-electron chi connectivity index (χ0n) is 17.3. The maximum atomic E-state index is 13.5. The first kappa shape index (κ1) is 21.2. The van der Waals surface area contributed by atoms with Crippen molar-refractivity contribution in [1.82, 2.24) is 0 Å². The van der Waals surface area contributed by atoms with Gasteiger partial charge in [-0.25, -0.2) is 0 Å². The Morgan fingerprint density at radius 2 is 1.56 bits per heavy atom. The lowest BCUT2D eigenvalue weighted by atomic mass is 9.85. The van der Waals surface area contributed by atoms with Crippen molar-refractivity contribution in [2.45, 2.75) is 18.1 Å². The van der Waals surface area contributed by atoms with Gasteiger partial charge >= 0.3 is 0 Å². The van der Waals surface area contributed by atoms with Crippen LogP contribution in [0, 0.1) is 0 Å². The van der Waals surface area contributed by atoms with Crippen molar-refractivity contribution in [2.75, 3.05) is 11.5 Å². The molecular formula is C26H24N2O4. The largest absolute Gasteiger partial charge is 0.475 e. The number of hydrogen-bond acceptors (Lipinski definition) is 6. The van der Waals surface area contributed by atoms with E-state index in [9.17, 15) is 9.90 Å². The topological polar surface area (TPSA) is 108 Å². The number of Topliss-reactive ketones (excluding diaryl/α,β-unsaturated/α-hetero) is 1. The predicted octanol–water partition coefficient (Wildman–Crippen LogP) is 4.19. The van der Waals surface area contributed by atoms with Crippen molar-refractivity contribution in [3.63, 3.8) is 0 Å². The van der Waals surface area contributed by atoms with E-state index in [2.05, 4.69) is 0 Å². The molecule has 0 saturated carbocycles. The molecule has 0 spiro atoms. The Bertz CT molecular complexity index is 1170. The molecule has 0 amide bonds. The second-order valence-electron chi connectivity index (χ2n) is 7.56. The van der Waals surface area contributed by atoms with Crippen LogP contribution in [-0.2, 0) is 4.79 Å². The van der Waals surface area contributed by atoms with Gasteiger partial charge in [0, 0.05) is 29.9 Å². The third-order valence-corrected chi connectivity index (χ3v) is 5.16. The number of carbonyl (C=O) groups is 1. The lowest BCUT2D eigenvalue weighted by molar-refractivity contribution is -0.139. The van der Waals surface area contributed by atoms with Gasteiger partial charge in [0.25, 0.3) is 0 Å². The zero-order valence-corrected chi connectivity index (χ0v) is 17.3. The van der Waals surface area contributed by atoms with Gasteiger partial charge in [-0.1, -0.05) is 42.5 Å². The lowest BCUT2D eigenvalue weighted by Gasteiger charge is -2.33. The molecule has 162 valence electrons. The minimum Gasteiger partial charge on any atom is -0.475 e.